The van der Waals surface area contributed by atoms with Gasteiger partial charge < -0.3 is 9.84 Å². The molecule has 0 radical (unpaired) electrons. The number of ether oxygens (including phenoxy) is 1. The zero-order valence-corrected chi connectivity index (χ0v) is 4.76. The van der Waals surface area contributed by atoms with Crippen LogP contribution in [0.15, 0.2) is 24.2 Å². The van der Waals surface area contributed by atoms with E-state index in [-0.39, 0.29) is 5.57 Å². The minimum atomic E-state index is -0.936. The van der Waals surface area contributed by atoms with Gasteiger partial charge in [-0.1, -0.05) is 6.58 Å². The molecule has 48 valence electrons. The Morgan fingerprint density at radius 1 is 1.89 bits per heavy atom. The van der Waals surface area contributed by atoms with Crippen LogP contribution < -0.4 is 0 Å². The van der Waals surface area contributed by atoms with Crippen molar-refractivity contribution in [1.29, 1.82) is 0 Å². The molecule has 0 spiro atoms. The Kier molecular flexibility index (Phi) is 1.26. The quantitative estimate of drug-likeness (QED) is 0.567. The molecule has 1 N–H and O–H groups in total. The molecule has 0 saturated carbocycles. The third-order valence-corrected chi connectivity index (χ3v) is 1.03. The number of allylic oxidation sites excluding steroid dienone is 1. The van der Waals surface area contributed by atoms with E-state index in [9.17, 15) is 4.79 Å². The van der Waals surface area contributed by atoms with Crippen molar-refractivity contribution in [2.75, 3.05) is 0 Å². The average Bonchev–Trinajstić information content (AvgIpc) is 2.14. The monoisotopic (exact) mass is 126 g/mol. The van der Waals surface area contributed by atoms with Gasteiger partial charge in [0.25, 0.3) is 0 Å². The van der Waals surface area contributed by atoms with E-state index >= 15 is 0 Å². The summed E-state index contributed by atoms with van der Waals surface area (Å²) in [6.45, 7) is 3.45. The molecule has 0 aromatic heterocycles. The van der Waals surface area contributed by atoms with Gasteiger partial charge in [-0.25, -0.2) is 4.79 Å². The highest BCUT2D eigenvalue weighted by molar-refractivity contribution is 5.87. The van der Waals surface area contributed by atoms with Crippen LogP contribution in [-0.2, 0) is 9.53 Å². The Morgan fingerprint density at radius 3 is 2.78 bits per heavy atom. The fraction of sp³-hybridized carbons (Fsp3) is 0.167. The lowest BCUT2D eigenvalue weighted by Crippen LogP contribution is -1.96. The summed E-state index contributed by atoms with van der Waals surface area (Å²) in [5.74, 6) is -0.443. The molecule has 1 aliphatic heterocycles. The van der Waals surface area contributed by atoms with Gasteiger partial charge >= 0.3 is 5.97 Å². The number of aliphatic carboxylic acids is 1. The topological polar surface area (TPSA) is 46.5 Å². The number of hydrogen-bond donors (Lipinski definition) is 1. The first-order valence-corrected chi connectivity index (χ1v) is 2.47. The molecule has 1 rings (SSSR count). The summed E-state index contributed by atoms with van der Waals surface area (Å²) in [6.07, 6.45) is 1.54. The zero-order valence-electron chi connectivity index (χ0n) is 4.76. The molecule has 0 fully saturated rings. The maximum atomic E-state index is 10.2. The molecule has 0 aromatic rings. The minimum absolute atomic E-state index is 0.264. The molecule has 3 nitrogen and oxygen atoms in total. The Labute approximate surface area is 52.2 Å². The van der Waals surface area contributed by atoms with Crippen molar-refractivity contribution in [3.05, 3.63) is 24.2 Å². The number of rotatable bonds is 1. The van der Waals surface area contributed by atoms with Gasteiger partial charge in [-0.2, -0.15) is 0 Å². The molecule has 1 aliphatic rings. The van der Waals surface area contributed by atoms with Crippen LogP contribution in [0.5, 0.6) is 0 Å². The number of carbonyl (C=O) groups is 1. The van der Waals surface area contributed by atoms with Crippen molar-refractivity contribution in [2.24, 2.45) is 0 Å². The average molecular weight is 126 g/mol. The molecule has 0 saturated heterocycles. The van der Waals surface area contributed by atoms with Crippen LogP contribution >= 0.6 is 0 Å². The van der Waals surface area contributed by atoms with Crippen molar-refractivity contribution < 1.29 is 14.6 Å². The lowest BCUT2D eigenvalue weighted by molar-refractivity contribution is -0.132. The van der Waals surface area contributed by atoms with E-state index in [1.165, 1.54) is 6.26 Å². The van der Waals surface area contributed by atoms with Crippen molar-refractivity contribution in [3.63, 3.8) is 0 Å². The summed E-state index contributed by atoms with van der Waals surface area (Å²) in [5.41, 5.74) is 0.264. The van der Waals surface area contributed by atoms with Crippen LogP contribution in [0, 0.1) is 0 Å². The second-order valence-corrected chi connectivity index (χ2v) is 1.78. The van der Waals surface area contributed by atoms with E-state index in [2.05, 4.69) is 11.3 Å². The Hall–Kier alpha value is -1.25. The molecule has 0 aromatic carbocycles. The van der Waals surface area contributed by atoms with Crippen molar-refractivity contribution in [2.45, 2.75) is 6.42 Å². The van der Waals surface area contributed by atoms with E-state index in [1.54, 1.807) is 0 Å². The number of hydrogen-bond acceptors (Lipinski definition) is 2. The molecule has 0 bridgehead atoms. The molecular weight excluding hydrogens is 120 g/mol. The standard InChI is InChI=1S/C6H6O3/c1-4-2-5(3-9-4)6(7)8/h3H,1-2H2,(H,7,8). The van der Waals surface area contributed by atoms with Gasteiger partial charge in [0.05, 0.1) is 5.57 Å². The number of carboxylic acid groups (broad SMARTS) is 1. The molecule has 0 atom stereocenters. The molecule has 0 aliphatic carbocycles. The molecule has 1 heterocycles. The first kappa shape index (κ1) is 5.88. The van der Waals surface area contributed by atoms with Gasteiger partial charge in [-0.15, -0.1) is 0 Å². The summed E-state index contributed by atoms with van der Waals surface area (Å²) in [5, 5.41) is 8.34. The lowest BCUT2D eigenvalue weighted by atomic mass is 10.2. The predicted molar refractivity (Wildman–Crippen MR) is 30.6 cm³/mol. The van der Waals surface area contributed by atoms with Crippen molar-refractivity contribution in [1.82, 2.24) is 0 Å². The Balaban J connectivity index is 2.65. The highest BCUT2D eigenvalue weighted by Crippen LogP contribution is 2.18. The van der Waals surface area contributed by atoms with E-state index in [0.29, 0.717) is 12.2 Å². The highest BCUT2D eigenvalue weighted by atomic mass is 16.5. The van der Waals surface area contributed by atoms with Gasteiger partial charge in [0.15, 0.2) is 0 Å². The SMILES string of the molecule is C=C1CC(C(=O)O)=CO1. The minimum Gasteiger partial charge on any atom is -0.478 e. The van der Waals surface area contributed by atoms with Gasteiger partial charge in [-0.3, -0.25) is 0 Å². The second kappa shape index (κ2) is 1.93. The normalized spacial score (nSPS) is 16.9. The third-order valence-electron chi connectivity index (χ3n) is 1.03. The van der Waals surface area contributed by atoms with Crippen LogP contribution in [-0.4, -0.2) is 11.1 Å². The van der Waals surface area contributed by atoms with Crippen LogP contribution in [0.1, 0.15) is 6.42 Å². The number of carboxylic acids is 1. The van der Waals surface area contributed by atoms with Crippen molar-refractivity contribution >= 4 is 5.97 Å². The highest BCUT2D eigenvalue weighted by Gasteiger charge is 2.15. The smallest absolute Gasteiger partial charge is 0.335 e. The second-order valence-electron chi connectivity index (χ2n) is 1.78. The van der Waals surface area contributed by atoms with Gasteiger partial charge in [0, 0.05) is 6.42 Å². The fourth-order valence-corrected chi connectivity index (χ4v) is 0.576. The Bertz CT molecular complexity index is 190. The van der Waals surface area contributed by atoms with Crippen LogP contribution in [0.3, 0.4) is 0 Å². The van der Waals surface area contributed by atoms with Gasteiger partial charge in [0.1, 0.15) is 12.0 Å². The summed E-state index contributed by atoms with van der Waals surface area (Å²) < 4.78 is 4.69. The molecule has 9 heavy (non-hydrogen) atoms. The summed E-state index contributed by atoms with van der Waals surface area (Å²) in [7, 11) is 0. The first-order valence-electron chi connectivity index (χ1n) is 2.47. The molecule has 0 amide bonds. The van der Waals surface area contributed by atoms with E-state index in [1.807, 2.05) is 0 Å². The zero-order chi connectivity index (χ0) is 6.85. The van der Waals surface area contributed by atoms with E-state index in [0.717, 1.165) is 0 Å². The third kappa shape index (κ3) is 1.10. The van der Waals surface area contributed by atoms with Crippen LogP contribution in [0.25, 0.3) is 0 Å². The largest absolute Gasteiger partial charge is 0.478 e. The fourth-order valence-electron chi connectivity index (χ4n) is 0.576. The molecule has 0 unspecified atom stereocenters. The van der Waals surface area contributed by atoms with Crippen LogP contribution in [0.2, 0.25) is 0 Å². The maximum Gasteiger partial charge on any atom is 0.335 e. The summed E-state index contributed by atoms with van der Waals surface area (Å²) >= 11 is 0. The first-order chi connectivity index (χ1) is 4.20. The molecular formula is C6H6O3. The van der Waals surface area contributed by atoms with Gasteiger partial charge in [0.2, 0.25) is 0 Å². The summed E-state index contributed by atoms with van der Waals surface area (Å²) in [4.78, 5) is 10.2. The Morgan fingerprint density at radius 2 is 2.56 bits per heavy atom. The van der Waals surface area contributed by atoms with E-state index in [4.69, 9.17) is 5.11 Å². The van der Waals surface area contributed by atoms with E-state index < -0.39 is 5.97 Å². The van der Waals surface area contributed by atoms with Crippen LogP contribution in [0.4, 0.5) is 0 Å². The van der Waals surface area contributed by atoms with Crippen molar-refractivity contribution in [3.8, 4) is 0 Å². The summed E-state index contributed by atoms with van der Waals surface area (Å²) in [6, 6.07) is 0. The predicted octanol–water partition coefficient (Wildman–Crippen LogP) is 0.889. The maximum absolute atomic E-state index is 10.2. The van der Waals surface area contributed by atoms with Gasteiger partial charge in [-0.05, 0) is 0 Å². The molecule has 3 heteroatoms. The lowest BCUT2D eigenvalue weighted by Gasteiger charge is -1.88.